The summed E-state index contributed by atoms with van der Waals surface area (Å²) in [5.41, 5.74) is -0.202. The van der Waals surface area contributed by atoms with Crippen LogP contribution in [0.5, 0.6) is 0 Å². The summed E-state index contributed by atoms with van der Waals surface area (Å²) in [4.78, 5) is 0.126. The van der Waals surface area contributed by atoms with E-state index >= 15 is 0 Å². The maximum Gasteiger partial charge on any atom is 0.241 e. The average molecular weight is 289 g/mol. The Labute approximate surface area is 118 Å². The third-order valence-corrected chi connectivity index (χ3v) is 5.07. The molecule has 2 rings (SSSR count). The van der Waals surface area contributed by atoms with Gasteiger partial charge in [-0.05, 0) is 30.5 Å². The number of hydrogen-bond donors (Lipinski definition) is 1. The van der Waals surface area contributed by atoms with Gasteiger partial charge in [0, 0.05) is 0 Å². The van der Waals surface area contributed by atoms with Crippen molar-refractivity contribution in [2.24, 2.45) is 0 Å². The van der Waals surface area contributed by atoms with E-state index in [1.54, 1.807) is 12.1 Å². The van der Waals surface area contributed by atoms with Crippen molar-refractivity contribution in [2.75, 3.05) is 0 Å². The normalized spacial score (nSPS) is 17.3. The van der Waals surface area contributed by atoms with E-state index in [9.17, 15) is 13.7 Å². The summed E-state index contributed by atoms with van der Waals surface area (Å²) in [6, 6.07) is 10.3. The topological polar surface area (TPSA) is 93.8 Å². The van der Waals surface area contributed by atoms with E-state index in [2.05, 4.69) is 10.8 Å². The van der Waals surface area contributed by atoms with Crippen LogP contribution < -0.4 is 4.72 Å². The Kier molecular flexibility index (Phi) is 4.08. The minimum absolute atomic E-state index is 0.126. The summed E-state index contributed by atoms with van der Waals surface area (Å²) in [5.74, 6) is 0. The molecular weight excluding hydrogens is 274 g/mol. The van der Waals surface area contributed by atoms with Crippen molar-refractivity contribution in [1.82, 2.24) is 4.72 Å². The monoisotopic (exact) mass is 289 g/mol. The summed E-state index contributed by atoms with van der Waals surface area (Å²) >= 11 is 0. The third kappa shape index (κ3) is 2.98. The summed E-state index contributed by atoms with van der Waals surface area (Å²) in [7, 11) is -3.70. The molecule has 0 radical (unpaired) electrons. The quantitative estimate of drug-likeness (QED) is 0.915. The number of rotatable bonds is 4. The Morgan fingerprint density at radius 1 is 1.15 bits per heavy atom. The van der Waals surface area contributed by atoms with Crippen LogP contribution in [0.3, 0.4) is 0 Å². The zero-order chi connectivity index (χ0) is 14.6. The lowest BCUT2D eigenvalue weighted by Gasteiger charge is -2.21. The zero-order valence-electron chi connectivity index (χ0n) is 11.0. The lowest BCUT2D eigenvalue weighted by atomic mass is 10.0. The summed E-state index contributed by atoms with van der Waals surface area (Å²) in [5, 5.41) is 17.8. The highest BCUT2D eigenvalue weighted by Gasteiger charge is 2.38. The van der Waals surface area contributed by atoms with Gasteiger partial charge >= 0.3 is 0 Å². The first-order valence-electron chi connectivity index (χ1n) is 6.42. The molecule has 1 aliphatic rings. The van der Waals surface area contributed by atoms with Gasteiger partial charge in [0.05, 0.1) is 23.5 Å². The van der Waals surface area contributed by atoms with Gasteiger partial charge in [0.15, 0.2) is 0 Å². The molecule has 1 N–H and O–H groups in total. The maximum atomic E-state index is 12.3. The molecule has 1 aromatic rings. The van der Waals surface area contributed by atoms with E-state index in [-0.39, 0.29) is 11.3 Å². The van der Waals surface area contributed by atoms with Crippen molar-refractivity contribution in [3.63, 3.8) is 0 Å². The Bertz CT molecular complexity index is 660. The number of nitriles is 2. The molecule has 1 aliphatic carbocycles. The Morgan fingerprint density at radius 3 is 2.25 bits per heavy atom. The van der Waals surface area contributed by atoms with Crippen molar-refractivity contribution in [3.8, 4) is 12.1 Å². The Hall–Kier alpha value is -1.89. The fourth-order valence-electron chi connectivity index (χ4n) is 2.41. The van der Waals surface area contributed by atoms with Crippen LogP contribution in [0.25, 0.3) is 0 Å². The largest absolute Gasteiger partial charge is 0.241 e. The van der Waals surface area contributed by atoms with Gasteiger partial charge in [-0.3, -0.25) is 0 Å². The molecule has 20 heavy (non-hydrogen) atoms. The zero-order valence-corrected chi connectivity index (χ0v) is 11.8. The third-order valence-electron chi connectivity index (χ3n) is 3.52. The van der Waals surface area contributed by atoms with Crippen molar-refractivity contribution < 1.29 is 8.42 Å². The van der Waals surface area contributed by atoms with E-state index in [1.807, 2.05) is 6.07 Å². The van der Waals surface area contributed by atoms with E-state index in [0.717, 1.165) is 18.4 Å². The van der Waals surface area contributed by atoms with Gasteiger partial charge in [0.25, 0.3) is 0 Å². The highest BCUT2D eigenvalue weighted by molar-refractivity contribution is 7.89. The van der Waals surface area contributed by atoms with Crippen LogP contribution in [0.4, 0.5) is 0 Å². The summed E-state index contributed by atoms with van der Waals surface area (Å²) < 4.78 is 27.1. The molecule has 6 heteroatoms. The first kappa shape index (κ1) is 14.5. The smallest absolute Gasteiger partial charge is 0.207 e. The first-order valence-corrected chi connectivity index (χ1v) is 7.91. The molecule has 0 unspecified atom stereocenters. The van der Waals surface area contributed by atoms with Crippen LogP contribution >= 0.6 is 0 Å². The van der Waals surface area contributed by atoms with E-state index in [1.165, 1.54) is 12.1 Å². The molecule has 0 amide bonds. The molecule has 1 fully saturated rings. The van der Waals surface area contributed by atoms with Crippen LogP contribution in [0.2, 0.25) is 0 Å². The average Bonchev–Trinajstić information content (AvgIpc) is 2.88. The summed E-state index contributed by atoms with van der Waals surface area (Å²) in [6.45, 7) is 0. The molecule has 0 spiro atoms. The standard InChI is InChI=1S/C14H15N3O2S/c15-10-7-12-3-5-13(6-4-12)20(18,19)17-14(11-16)8-1-2-9-14/h3-6,17H,1-2,7-9H2. The number of hydrogen-bond acceptors (Lipinski definition) is 4. The van der Waals surface area contributed by atoms with Gasteiger partial charge < -0.3 is 0 Å². The van der Waals surface area contributed by atoms with Gasteiger partial charge in [-0.15, -0.1) is 0 Å². The molecule has 1 saturated carbocycles. The minimum Gasteiger partial charge on any atom is -0.207 e. The number of nitrogens with one attached hydrogen (secondary N) is 1. The van der Waals surface area contributed by atoms with Crippen molar-refractivity contribution in [2.45, 2.75) is 42.5 Å². The molecule has 0 aliphatic heterocycles. The second-order valence-electron chi connectivity index (χ2n) is 4.99. The molecule has 104 valence electrons. The van der Waals surface area contributed by atoms with Crippen LogP contribution in [-0.4, -0.2) is 14.0 Å². The molecular formula is C14H15N3O2S. The number of benzene rings is 1. The Balaban J connectivity index is 2.22. The molecule has 0 heterocycles. The molecule has 5 nitrogen and oxygen atoms in total. The Morgan fingerprint density at radius 2 is 1.75 bits per heavy atom. The highest BCUT2D eigenvalue weighted by Crippen LogP contribution is 2.30. The molecule has 0 bridgehead atoms. The fraction of sp³-hybridized carbons (Fsp3) is 0.429. The lowest BCUT2D eigenvalue weighted by molar-refractivity contribution is 0.485. The van der Waals surface area contributed by atoms with Crippen LogP contribution in [0.15, 0.2) is 29.2 Å². The predicted molar refractivity (Wildman–Crippen MR) is 72.9 cm³/mol. The SMILES string of the molecule is N#CCc1ccc(S(=O)(=O)NC2(C#N)CCCC2)cc1. The molecule has 0 aromatic heterocycles. The van der Waals surface area contributed by atoms with Gasteiger partial charge in [-0.25, -0.2) is 8.42 Å². The fourth-order valence-corrected chi connectivity index (χ4v) is 3.79. The van der Waals surface area contributed by atoms with Crippen molar-refractivity contribution in [1.29, 1.82) is 10.5 Å². The molecule has 0 saturated heterocycles. The first-order chi connectivity index (χ1) is 9.51. The van der Waals surface area contributed by atoms with Crippen molar-refractivity contribution >= 4 is 10.0 Å². The van der Waals surface area contributed by atoms with Crippen molar-refractivity contribution in [3.05, 3.63) is 29.8 Å². The second kappa shape index (κ2) is 5.62. The molecule has 0 atom stereocenters. The predicted octanol–water partition coefficient (Wildman–Crippen LogP) is 1.87. The van der Waals surface area contributed by atoms with E-state index in [0.29, 0.717) is 12.8 Å². The van der Waals surface area contributed by atoms with Crippen LogP contribution in [0.1, 0.15) is 31.2 Å². The van der Waals surface area contributed by atoms with Crippen LogP contribution in [0, 0.1) is 22.7 Å². The number of sulfonamides is 1. The second-order valence-corrected chi connectivity index (χ2v) is 6.67. The molecule has 1 aromatic carbocycles. The maximum absolute atomic E-state index is 12.3. The highest BCUT2D eigenvalue weighted by atomic mass is 32.2. The minimum atomic E-state index is -3.70. The summed E-state index contributed by atoms with van der Waals surface area (Å²) in [6.07, 6.45) is 3.06. The van der Waals surface area contributed by atoms with Gasteiger partial charge in [-0.1, -0.05) is 25.0 Å². The lowest BCUT2D eigenvalue weighted by Crippen LogP contribution is -2.44. The van der Waals surface area contributed by atoms with E-state index < -0.39 is 15.6 Å². The van der Waals surface area contributed by atoms with Crippen LogP contribution in [-0.2, 0) is 16.4 Å². The van der Waals surface area contributed by atoms with Gasteiger partial charge in [0.1, 0.15) is 5.54 Å². The van der Waals surface area contributed by atoms with Gasteiger partial charge in [-0.2, -0.15) is 15.2 Å². The van der Waals surface area contributed by atoms with Gasteiger partial charge in [0.2, 0.25) is 10.0 Å². The van der Waals surface area contributed by atoms with E-state index in [4.69, 9.17) is 5.26 Å². The number of nitrogens with zero attached hydrogens (tertiary/aromatic N) is 2.